The van der Waals surface area contributed by atoms with E-state index < -0.39 is 0 Å². The Bertz CT molecular complexity index is 465. The molecule has 80 valence electrons. The molecule has 0 saturated carbocycles. The molecule has 0 radical (unpaired) electrons. The van der Waals surface area contributed by atoms with Gasteiger partial charge in [0.2, 0.25) is 0 Å². The van der Waals surface area contributed by atoms with Gasteiger partial charge in [-0.15, -0.1) is 11.3 Å². The normalized spacial score (nSPS) is 10.9. The predicted molar refractivity (Wildman–Crippen MR) is 63.1 cm³/mol. The van der Waals surface area contributed by atoms with Crippen LogP contribution in [0.15, 0.2) is 10.6 Å². The van der Waals surface area contributed by atoms with Crippen molar-refractivity contribution in [1.82, 2.24) is 5.16 Å². The molecule has 0 amide bonds. The Morgan fingerprint density at radius 1 is 1.47 bits per heavy atom. The Balaban J connectivity index is 2.53. The van der Waals surface area contributed by atoms with Crippen molar-refractivity contribution in [3.8, 4) is 10.6 Å². The van der Waals surface area contributed by atoms with Crippen LogP contribution in [0.25, 0.3) is 10.6 Å². The molecule has 2 rings (SSSR count). The maximum absolute atomic E-state index is 5.73. The highest BCUT2D eigenvalue weighted by molar-refractivity contribution is 7.15. The summed E-state index contributed by atoms with van der Waals surface area (Å²) in [7, 11) is 0. The lowest BCUT2D eigenvalue weighted by Gasteiger charge is -1.94. The van der Waals surface area contributed by atoms with Gasteiger partial charge in [-0.05, 0) is 31.9 Å². The molecule has 0 aromatic carbocycles. The molecule has 0 unspecified atom stereocenters. The van der Waals surface area contributed by atoms with Crippen molar-refractivity contribution in [2.75, 3.05) is 5.73 Å². The first-order valence-corrected chi connectivity index (χ1v) is 5.76. The molecular formula is C11H14N2OS. The molecule has 2 aromatic heterocycles. The van der Waals surface area contributed by atoms with Gasteiger partial charge >= 0.3 is 0 Å². The van der Waals surface area contributed by atoms with Crippen LogP contribution in [0.4, 0.5) is 5.82 Å². The number of thiophene rings is 1. The Morgan fingerprint density at radius 2 is 2.20 bits per heavy atom. The largest absolute Gasteiger partial charge is 0.381 e. The first-order valence-electron chi connectivity index (χ1n) is 4.95. The van der Waals surface area contributed by atoms with E-state index in [2.05, 4.69) is 32.0 Å². The molecule has 2 N–H and O–H groups in total. The van der Waals surface area contributed by atoms with E-state index in [1.54, 1.807) is 11.3 Å². The van der Waals surface area contributed by atoms with Crippen LogP contribution in [0.1, 0.15) is 22.9 Å². The standard InChI is InChI=1S/C11H14N2OS/c1-4-8-10(14-13-11(8)12)9-5-6(2)7(3)15-9/h5H,4H2,1-3H3,(H2,12,13). The molecule has 2 aromatic rings. The van der Waals surface area contributed by atoms with E-state index in [0.29, 0.717) is 5.82 Å². The van der Waals surface area contributed by atoms with Crippen LogP contribution in [-0.4, -0.2) is 5.16 Å². The second-order valence-corrected chi connectivity index (χ2v) is 4.84. The van der Waals surface area contributed by atoms with E-state index in [1.165, 1.54) is 10.4 Å². The maximum Gasteiger partial charge on any atom is 0.182 e. The Morgan fingerprint density at radius 3 is 2.73 bits per heavy atom. The second kappa shape index (κ2) is 3.70. The zero-order valence-corrected chi connectivity index (χ0v) is 9.94. The van der Waals surface area contributed by atoms with Crippen molar-refractivity contribution in [2.45, 2.75) is 27.2 Å². The predicted octanol–water partition coefficient (Wildman–Crippen LogP) is 3.16. The lowest BCUT2D eigenvalue weighted by atomic mass is 10.1. The topological polar surface area (TPSA) is 52.0 Å². The van der Waals surface area contributed by atoms with Crippen LogP contribution in [-0.2, 0) is 6.42 Å². The molecular weight excluding hydrogens is 208 g/mol. The lowest BCUT2D eigenvalue weighted by molar-refractivity contribution is 0.436. The Kier molecular flexibility index (Phi) is 2.52. The highest BCUT2D eigenvalue weighted by Gasteiger charge is 2.16. The van der Waals surface area contributed by atoms with Crippen molar-refractivity contribution < 1.29 is 4.52 Å². The molecule has 0 aliphatic heterocycles. The number of rotatable bonds is 2. The number of aryl methyl sites for hydroxylation is 2. The molecule has 0 bridgehead atoms. The highest BCUT2D eigenvalue weighted by Crippen LogP contribution is 2.35. The van der Waals surface area contributed by atoms with Crippen molar-refractivity contribution in [1.29, 1.82) is 0 Å². The van der Waals surface area contributed by atoms with Crippen LogP contribution in [0.3, 0.4) is 0 Å². The van der Waals surface area contributed by atoms with Gasteiger partial charge in [-0.3, -0.25) is 0 Å². The SMILES string of the molecule is CCc1c(N)noc1-c1cc(C)c(C)s1. The summed E-state index contributed by atoms with van der Waals surface area (Å²) in [6.45, 7) is 6.26. The van der Waals surface area contributed by atoms with Gasteiger partial charge in [0, 0.05) is 10.4 Å². The first-order chi connectivity index (χ1) is 7.13. The van der Waals surface area contributed by atoms with E-state index in [4.69, 9.17) is 10.3 Å². The Hall–Kier alpha value is -1.29. The van der Waals surface area contributed by atoms with Gasteiger partial charge in [0.25, 0.3) is 0 Å². The van der Waals surface area contributed by atoms with Gasteiger partial charge in [-0.25, -0.2) is 0 Å². The van der Waals surface area contributed by atoms with Gasteiger partial charge in [0.15, 0.2) is 11.6 Å². The summed E-state index contributed by atoms with van der Waals surface area (Å²) in [6.07, 6.45) is 0.848. The van der Waals surface area contributed by atoms with E-state index in [1.807, 2.05) is 0 Å². The minimum Gasteiger partial charge on any atom is -0.381 e. The van der Waals surface area contributed by atoms with Gasteiger partial charge < -0.3 is 10.3 Å². The van der Waals surface area contributed by atoms with Gasteiger partial charge in [-0.2, -0.15) is 0 Å². The summed E-state index contributed by atoms with van der Waals surface area (Å²) in [4.78, 5) is 2.42. The average molecular weight is 222 g/mol. The minimum absolute atomic E-state index is 0.510. The zero-order chi connectivity index (χ0) is 11.0. The van der Waals surface area contributed by atoms with Crippen molar-refractivity contribution in [2.24, 2.45) is 0 Å². The summed E-state index contributed by atoms with van der Waals surface area (Å²) in [6, 6.07) is 2.12. The molecule has 0 aliphatic rings. The highest BCUT2D eigenvalue weighted by atomic mass is 32.1. The zero-order valence-electron chi connectivity index (χ0n) is 9.13. The van der Waals surface area contributed by atoms with Gasteiger partial charge in [0.05, 0.1) is 4.88 Å². The van der Waals surface area contributed by atoms with Crippen LogP contribution >= 0.6 is 11.3 Å². The molecule has 0 spiro atoms. The fraction of sp³-hybridized carbons (Fsp3) is 0.364. The number of aromatic nitrogens is 1. The van der Waals surface area contributed by atoms with E-state index in [0.717, 1.165) is 22.6 Å². The first kappa shape index (κ1) is 10.2. The Labute approximate surface area is 92.9 Å². The van der Waals surface area contributed by atoms with Crippen LogP contribution in [0.2, 0.25) is 0 Å². The smallest absolute Gasteiger partial charge is 0.182 e. The molecule has 0 aliphatic carbocycles. The summed E-state index contributed by atoms with van der Waals surface area (Å²) >= 11 is 1.72. The van der Waals surface area contributed by atoms with Crippen molar-refractivity contribution in [3.05, 3.63) is 22.1 Å². The van der Waals surface area contributed by atoms with Crippen molar-refractivity contribution >= 4 is 17.2 Å². The lowest BCUT2D eigenvalue weighted by Crippen LogP contribution is -1.90. The van der Waals surface area contributed by atoms with Crippen LogP contribution in [0.5, 0.6) is 0 Å². The average Bonchev–Trinajstić information content (AvgIpc) is 2.71. The maximum atomic E-state index is 5.73. The monoisotopic (exact) mass is 222 g/mol. The summed E-state index contributed by atoms with van der Waals surface area (Å²) in [5, 5.41) is 3.81. The van der Waals surface area contributed by atoms with Gasteiger partial charge in [-0.1, -0.05) is 12.1 Å². The molecule has 0 saturated heterocycles. The number of nitrogens with two attached hydrogens (primary N) is 1. The fourth-order valence-corrected chi connectivity index (χ4v) is 2.58. The third kappa shape index (κ3) is 1.65. The molecule has 0 atom stereocenters. The fourth-order valence-electron chi connectivity index (χ4n) is 1.54. The van der Waals surface area contributed by atoms with Gasteiger partial charge in [0.1, 0.15) is 0 Å². The third-order valence-electron chi connectivity index (χ3n) is 2.56. The van der Waals surface area contributed by atoms with Crippen LogP contribution < -0.4 is 5.73 Å². The molecule has 2 heterocycles. The summed E-state index contributed by atoms with van der Waals surface area (Å²) in [5.41, 5.74) is 8.03. The quantitative estimate of drug-likeness (QED) is 0.849. The summed E-state index contributed by atoms with van der Waals surface area (Å²) < 4.78 is 5.28. The van der Waals surface area contributed by atoms with E-state index in [-0.39, 0.29) is 0 Å². The molecule has 4 heteroatoms. The second-order valence-electron chi connectivity index (χ2n) is 3.58. The van der Waals surface area contributed by atoms with Crippen LogP contribution in [0, 0.1) is 13.8 Å². The third-order valence-corrected chi connectivity index (χ3v) is 3.71. The molecule has 3 nitrogen and oxygen atoms in total. The minimum atomic E-state index is 0.510. The number of nitrogens with zero attached hydrogens (tertiary/aromatic N) is 1. The number of anilines is 1. The van der Waals surface area contributed by atoms with E-state index >= 15 is 0 Å². The van der Waals surface area contributed by atoms with E-state index in [9.17, 15) is 0 Å². The number of hydrogen-bond acceptors (Lipinski definition) is 4. The van der Waals surface area contributed by atoms with Crippen molar-refractivity contribution in [3.63, 3.8) is 0 Å². The summed E-state index contributed by atoms with van der Waals surface area (Å²) in [5.74, 6) is 1.34. The number of nitrogen functional groups attached to an aromatic ring is 1. The number of hydrogen-bond donors (Lipinski definition) is 1. The molecule has 0 fully saturated rings. The molecule has 15 heavy (non-hydrogen) atoms.